The lowest BCUT2D eigenvalue weighted by Crippen LogP contribution is -2.12. The highest BCUT2D eigenvalue weighted by Crippen LogP contribution is 2.37. The monoisotopic (exact) mass is 444 g/mol. The first kappa shape index (κ1) is 22.0. The van der Waals surface area contributed by atoms with Gasteiger partial charge in [0.15, 0.2) is 17.5 Å². The van der Waals surface area contributed by atoms with E-state index < -0.39 is 34.9 Å². The van der Waals surface area contributed by atoms with Crippen LogP contribution in [0.1, 0.15) is 42.7 Å². The van der Waals surface area contributed by atoms with E-state index in [1.807, 2.05) is 0 Å². The summed E-state index contributed by atoms with van der Waals surface area (Å²) >= 11 is 0. The topological polar surface area (TPSA) is 0 Å². The van der Waals surface area contributed by atoms with Gasteiger partial charge in [0.1, 0.15) is 17.5 Å². The maximum Gasteiger partial charge on any atom is 0.194 e. The Bertz CT molecular complexity index is 1170. The zero-order chi connectivity index (χ0) is 22.8. The molecule has 164 valence electrons. The molecule has 0 bridgehead atoms. The second-order valence-electron chi connectivity index (χ2n) is 7.91. The van der Waals surface area contributed by atoms with Crippen molar-refractivity contribution in [3.8, 4) is 23.0 Å². The summed E-state index contributed by atoms with van der Waals surface area (Å²) in [5, 5.41) is 0. The third kappa shape index (κ3) is 4.52. The lowest BCUT2D eigenvalue weighted by molar-refractivity contribution is 0.384. The van der Waals surface area contributed by atoms with Crippen LogP contribution in [0.15, 0.2) is 48.5 Å². The molecule has 0 aromatic heterocycles. The fourth-order valence-electron chi connectivity index (χ4n) is 4.09. The second-order valence-corrected chi connectivity index (χ2v) is 7.91. The van der Waals surface area contributed by atoms with E-state index in [1.54, 1.807) is 6.07 Å². The number of hydrogen-bond acceptors (Lipinski definition) is 0. The van der Waals surface area contributed by atoms with Crippen LogP contribution in [-0.4, -0.2) is 0 Å². The molecule has 1 aliphatic carbocycles. The molecule has 0 radical (unpaired) electrons. The number of benzene rings is 3. The Morgan fingerprint density at radius 3 is 1.88 bits per heavy atom. The van der Waals surface area contributed by atoms with Crippen LogP contribution in [0.5, 0.6) is 0 Å². The predicted molar refractivity (Wildman–Crippen MR) is 110 cm³/mol. The summed E-state index contributed by atoms with van der Waals surface area (Å²) in [5.74, 6) is -0.773. The Hall–Kier alpha value is -3.20. The largest absolute Gasteiger partial charge is 0.206 e. The van der Waals surface area contributed by atoms with Crippen molar-refractivity contribution in [2.24, 2.45) is 5.92 Å². The van der Waals surface area contributed by atoms with Gasteiger partial charge in [-0.3, -0.25) is 0 Å². The Morgan fingerprint density at radius 1 is 0.656 bits per heavy atom. The molecule has 0 unspecified atom stereocenters. The molecule has 0 N–H and O–H groups in total. The summed E-state index contributed by atoms with van der Waals surface area (Å²) in [4.78, 5) is 0. The molecule has 0 saturated heterocycles. The molecule has 4 rings (SSSR count). The van der Waals surface area contributed by atoms with Crippen molar-refractivity contribution < 1.29 is 26.3 Å². The summed E-state index contributed by atoms with van der Waals surface area (Å²) in [6, 6.07) is 9.60. The maximum atomic E-state index is 14.7. The average Bonchev–Trinajstić information content (AvgIpc) is 2.77. The number of hydrogen-bond donors (Lipinski definition) is 0. The van der Waals surface area contributed by atoms with Crippen molar-refractivity contribution in [1.82, 2.24) is 0 Å². The minimum Gasteiger partial charge on any atom is -0.206 e. The Kier molecular flexibility index (Phi) is 6.27. The molecule has 0 aliphatic heterocycles. The molecule has 6 heteroatoms. The molecular formula is C26H18F6. The van der Waals surface area contributed by atoms with E-state index >= 15 is 0 Å². The van der Waals surface area contributed by atoms with Crippen LogP contribution < -0.4 is 0 Å². The highest BCUT2D eigenvalue weighted by Gasteiger charge is 2.23. The Labute approximate surface area is 181 Å². The summed E-state index contributed by atoms with van der Waals surface area (Å²) in [7, 11) is 0. The van der Waals surface area contributed by atoms with E-state index in [1.165, 1.54) is 18.2 Å². The van der Waals surface area contributed by atoms with Crippen LogP contribution in [-0.2, 0) is 0 Å². The normalized spacial score (nSPS) is 18.2. The number of halogens is 6. The zero-order valence-electron chi connectivity index (χ0n) is 16.9. The number of rotatable bonds is 2. The molecule has 0 spiro atoms. The van der Waals surface area contributed by atoms with Gasteiger partial charge in [0.05, 0.1) is 5.56 Å². The van der Waals surface area contributed by atoms with E-state index in [0.29, 0.717) is 12.8 Å². The van der Waals surface area contributed by atoms with Crippen LogP contribution in [0.4, 0.5) is 26.3 Å². The van der Waals surface area contributed by atoms with Crippen LogP contribution in [0, 0.1) is 52.7 Å². The summed E-state index contributed by atoms with van der Waals surface area (Å²) < 4.78 is 82.2. The van der Waals surface area contributed by atoms with E-state index in [9.17, 15) is 26.3 Å². The Balaban J connectivity index is 1.46. The van der Waals surface area contributed by atoms with Crippen LogP contribution in [0.25, 0.3) is 11.1 Å². The van der Waals surface area contributed by atoms with Crippen LogP contribution >= 0.6 is 0 Å². The van der Waals surface area contributed by atoms with Crippen LogP contribution in [0.2, 0.25) is 0 Å². The molecule has 0 nitrogen and oxygen atoms in total. The SMILES string of the molecule is Fc1cc(C2CCC(C#Cc3c(F)cccc3F)CC2)ccc1-c1cc(F)c(F)c(F)c1. The highest BCUT2D eigenvalue weighted by molar-refractivity contribution is 5.65. The van der Waals surface area contributed by atoms with Gasteiger partial charge >= 0.3 is 0 Å². The van der Waals surface area contributed by atoms with Gasteiger partial charge < -0.3 is 0 Å². The van der Waals surface area contributed by atoms with Crippen molar-refractivity contribution in [1.29, 1.82) is 0 Å². The summed E-state index contributed by atoms with van der Waals surface area (Å²) in [6.07, 6.45) is 2.84. The molecule has 0 amide bonds. The maximum absolute atomic E-state index is 14.7. The average molecular weight is 444 g/mol. The minimum atomic E-state index is -1.59. The molecular weight excluding hydrogens is 426 g/mol. The van der Waals surface area contributed by atoms with Gasteiger partial charge in [0.2, 0.25) is 0 Å². The third-order valence-corrected chi connectivity index (χ3v) is 5.85. The smallest absolute Gasteiger partial charge is 0.194 e. The van der Waals surface area contributed by atoms with E-state index in [4.69, 9.17) is 0 Å². The van der Waals surface area contributed by atoms with Gasteiger partial charge in [-0.25, -0.2) is 26.3 Å². The lowest BCUT2D eigenvalue weighted by atomic mass is 9.78. The summed E-state index contributed by atoms with van der Waals surface area (Å²) in [5.41, 5.74) is 0.421. The Morgan fingerprint density at radius 2 is 1.28 bits per heavy atom. The fraction of sp³-hybridized carbons (Fsp3) is 0.231. The predicted octanol–water partition coefficient (Wildman–Crippen LogP) is 7.51. The molecule has 1 saturated carbocycles. The molecule has 3 aromatic rings. The van der Waals surface area contributed by atoms with Gasteiger partial charge in [-0.2, -0.15) is 0 Å². The van der Waals surface area contributed by atoms with Gasteiger partial charge in [0.25, 0.3) is 0 Å². The van der Waals surface area contributed by atoms with E-state index in [0.717, 1.165) is 42.7 Å². The van der Waals surface area contributed by atoms with Crippen molar-refractivity contribution in [2.75, 3.05) is 0 Å². The summed E-state index contributed by atoms with van der Waals surface area (Å²) in [6.45, 7) is 0. The molecule has 1 fully saturated rings. The minimum absolute atomic E-state index is 0.0143. The van der Waals surface area contributed by atoms with E-state index in [-0.39, 0.29) is 28.5 Å². The van der Waals surface area contributed by atoms with Crippen molar-refractivity contribution in [3.05, 3.63) is 94.6 Å². The molecule has 0 heterocycles. The van der Waals surface area contributed by atoms with Gasteiger partial charge in [-0.05, 0) is 73.1 Å². The molecule has 1 aliphatic rings. The fourth-order valence-corrected chi connectivity index (χ4v) is 4.09. The highest BCUT2D eigenvalue weighted by atomic mass is 19.2. The van der Waals surface area contributed by atoms with Crippen LogP contribution in [0.3, 0.4) is 0 Å². The zero-order valence-corrected chi connectivity index (χ0v) is 16.9. The van der Waals surface area contributed by atoms with E-state index in [2.05, 4.69) is 11.8 Å². The quantitative estimate of drug-likeness (QED) is 0.218. The first-order chi connectivity index (χ1) is 15.3. The first-order valence-corrected chi connectivity index (χ1v) is 10.2. The van der Waals surface area contributed by atoms with Gasteiger partial charge in [0, 0.05) is 11.5 Å². The van der Waals surface area contributed by atoms with Crippen molar-refractivity contribution >= 4 is 0 Å². The van der Waals surface area contributed by atoms with Gasteiger partial charge in [-0.15, -0.1) is 0 Å². The molecule has 32 heavy (non-hydrogen) atoms. The third-order valence-electron chi connectivity index (χ3n) is 5.85. The first-order valence-electron chi connectivity index (χ1n) is 10.2. The second kappa shape index (κ2) is 9.12. The standard InChI is InChI=1S/C26H18F6/c27-21-2-1-3-22(28)20(21)10-6-15-4-7-16(8-5-15)17-9-11-19(23(29)12-17)18-13-24(30)26(32)25(31)14-18/h1-3,9,11-16H,4-5,7-8H2. The van der Waals surface area contributed by atoms with Crippen molar-refractivity contribution in [3.63, 3.8) is 0 Å². The lowest BCUT2D eigenvalue weighted by Gasteiger charge is -2.26. The van der Waals surface area contributed by atoms with Gasteiger partial charge in [-0.1, -0.05) is 30.0 Å². The van der Waals surface area contributed by atoms with Crippen molar-refractivity contribution in [2.45, 2.75) is 31.6 Å². The molecule has 0 atom stereocenters. The molecule has 3 aromatic carbocycles.